The van der Waals surface area contributed by atoms with Crippen LogP contribution in [0.15, 0.2) is 76.1 Å². The quantitative estimate of drug-likeness (QED) is 0.0607. The van der Waals surface area contributed by atoms with Gasteiger partial charge in [0.05, 0.1) is 13.0 Å². The molecule has 242 valence electrons. The van der Waals surface area contributed by atoms with Gasteiger partial charge in [0.2, 0.25) is 11.7 Å². The number of unbranched alkanes of at least 4 members (excludes halogenated alkanes) is 1. The molecule has 11 heteroatoms. The summed E-state index contributed by atoms with van der Waals surface area (Å²) >= 11 is 0. The van der Waals surface area contributed by atoms with E-state index in [9.17, 15) is 22.8 Å². The highest BCUT2D eigenvalue weighted by Crippen LogP contribution is 2.23. The molecule has 1 rings (SSSR count). The summed E-state index contributed by atoms with van der Waals surface area (Å²) in [4.78, 5) is 27.4. The highest BCUT2D eigenvalue weighted by atomic mass is 19.4. The number of hydrogen-bond acceptors (Lipinski definition) is 7. The lowest BCUT2D eigenvalue weighted by Gasteiger charge is -2.16. The lowest BCUT2D eigenvalue weighted by atomic mass is 9.90. The van der Waals surface area contributed by atoms with Crippen molar-refractivity contribution in [3.63, 3.8) is 0 Å². The van der Waals surface area contributed by atoms with Gasteiger partial charge in [-0.2, -0.15) is 18.2 Å². The molecule has 0 saturated heterocycles. The van der Waals surface area contributed by atoms with Gasteiger partial charge in [0.25, 0.3) is 0 Å². The number of methoxy groups -OCH3 is 1. The van der Waals surface area contributed by atoms with Crippen LogP contribution in [0.3, 0.4) is 0 Å². The van der Waals surface area contributed by atoms with Crippen LogP contribution >= 0.6 is 0 Å². The molecule has 0 aromatic heterocycles. The van der Waals surface area contributed by atoms with Crippen molar-refractivity contribution in [2.75, 3.05) is 13.7 Å². The Morgan fingerprint density at radius 2 is 1.72 bits per heavy atom. The molecule has 0 amide bonds. The third kappa shape index (κ3) is 18.4. The zero-order valence-corrected chi connectivity index (χ0v) is 26.2. The maximum atomic E-state index is 13.0. The zero-order valence-electron chi connectivity index (χ0n) is 26.2. The van der Waals surface area contributed by atoms with Crippen LogP contribution in [0.5, 0.6) is 0 Å². The van der Waals surface area contributed by atoms with Gasteiger partial charge in [0, 0.05) is 5.70 Å². The van der Waals surface area contributed by atoms with E-state index in [1.807, 2.05) is 19.9 Å². The first-order valence-corrected chi connectivity index (χ1v) is 14.5. The highest BCUT2D eigenvalue weighted by Gasteiger charge is 2.29. The number of halogens is 3. The number of ether oxygens (including phenoxy) is 2. The van der Waals surface area contributed by atoms with Crippen molar-refractivity contribution in [3.8, 4) is 0 Å². The second-order valence-electron chi connectivity index (χ2n) is 9.84. The van der Waals surface area contributed by atoms with E-state index in [1.54, 1.807) is 38.2 Å². The van der Waals surface area contributed by atoms with E-state index in [1.165, 1.54) is 32.6 Å². The molecule has 0 atom stereocenters. The fourth-order valence-corrected chi connectivity index (χ4v) is 3.63. The van der Waals surface area contributed by atoms with Crippen molar-refractivity contribution in [2.24, 2.45) is 16.6 Å². The number of aliphatic imine (C=N–C) groups is 1. The molecule has 0 unspecified atom stereocenters. The predicted octanol–water partition coefficient (Wildman–Crippen LogP) is 7.62. The number of nitrogens with zero attached hydrogens (tertiary/aromatic N) is 1. The number of allylic oxidation sites excluding steroid dienone is 8. The Bertz CT molecular complexity index is 1090. The van der Waals surface area contributed by atoms with E-state index >= 15 is 0 Å². The normalized spacial score (nSPS) is 16.5. The number of carbonyl (C=O) groups excluding carboxylic acids is 1. The first kappa shape index (κ1) is 39.2. The number of carboxylic acids is 1. The van der Waals surface area contributed by atoms with Crippen molar-refractivity contribution in [2.45, 2.75) is 92.2 Å². The van der Waals surface area contributed by atoms with Gasteiger partial charge in [0.1, 0.15) is 17.3 Å². The summed E-state index contributed by atoms with van der Waals surface area (Å²) in [5.74, 6) is -0.594. The van der Waals surface area contributed by atoms with Gasteiger partial charge < -0.3 is 25.6 Å². The minimum Gasteiger partial charge on any atom is -0.497 e. The summed E-state index contributed by atoms with van der Waals surface area (Å²) in [6.07, 6.45) is 14.5. The van der Waals surface area contributed by atoms with Gasteiger partial charge in [-0.25, -0.2) is 0 Å². The average molecular weight is 612 g/mol. The SMILES string of the molecule is C\C=C(/N=C(\C=C\CCC)OCC(F)(F)F)N/C(C(=O)/C(C)=C/C=C(\C=C\CC)OC)=C(\C)N.O=C(O)C1CCCCC1. The summed E-state index contributed by atoms with van der Waals surface area (Å²) < 4.78 is 48.0. The number of Topliss-reactive ketones (excluding diaryl/α,β-unsaturated/α-hetero) is 1. The van der Waals surface area contributed by atoms with Gasteiger partial charge in [-0.3, -0.25) is 9.59 Å². The summed E-state index contributed by atoms with van der Waals surface area (Å²) in [5.41, 5.74) is 6.52. The van der Waals surface area contributed by atoms with Gasteiger partial charge >= 0.3 is 12.1 Å². The van der Waals surface area contributed by atoms with Crippen LogP contribution in [0, 0.1) is 5.92 Å². The molecule has 0 bridgehead atoms. The standard InChI is InChI=1S/C25H36F3N3O3.C7H12O2/c1-7-10-12-14-22(34-17-25(26,27)28)30-21(9-3)31-23(19(5)29)24(32)18(4)15-16-20(33-6)13-11-8-2;8-7(9)6-4-2-1-3-5-6/h9,11-16,31H,7-8,10,17,29H2,1-6H3;6H,1-5H2,(H,8,9)/b13-11+,14-12+,18-15+,20-16+,21-9+,23-19+,30-22+;. The lowest BCUT2D eigenvalue weighted by Crippen LogP contribution is -2.25. The number of aliphatic carboxylic acids is 1. The average Bonchev–Trinajstić information content (AvgIpc) is 2.97. The Hall–Kier alpha value is -3.76. The van der Waals surface area contributed by atoms with E-state index in [-0.39, 0.29) is 29.0 Å². The highest BCUT2D eigenvalue weighted by molar-refractivity contribution is 6.08. The first-order chi connectivity index (χ1) is 20.3. The summed E-state index contributed by atoms with van der Waals surface area (Å²) in [5, 5.41) is 11.4. The van der Waals surface area contributed by atoms with Gasteiger partial charge in [0.15, 0.2) is 6.61 Å². The van der Waals surface area contributed by atoms with Crippen molar-refractivity contribution in [1.82, 2.24) is 5.32 Å². The summed E-state index contributed by atoms with van der Waals surface area (Å²) in [6.45, 7) is 7.20. The Morgan fingerprint density at radius 1 is 1.07 bits per heavy atom. The third-order valence-corrected chi connectivity index (χ3v) is 6.04. The number of alkyl halides is 3. The first-order valence-electron chi connectivity index (χ1n) is 14.5. The Labute approximate surface area is 254 Å². The van der Waals surface area contributed by atoms with E-state index in [0.29, 0.717) is 17.8 Å². The molecular formula is C32H48F3N3O5. The molecular weight excluding hydrogens is 563 g/mol. The number of carbonyl (C=O) groups is 2. The van der Waals surface area contributed by atoms with E-state index in [4.69, 9.17) is 20.3 Å². The van der Waals surface area contributed by atoms with Gasteiger partial charge in [-0.05, 0) is 76.3 Å². The van der Waals surface area contributed by atoms with Gasteiger partial charge in [-0.15, -0.1) is 0 Å². The Balaban J connectivity index is 0.00000165. The number of hydrogen-bond donors (Lipinski definition) is 3. The van der Waals surface area contributed by atoms with Crippen molar-refractivity contribution >= 4 is 17.7 Å². The van der Waals surface area contributed by atoms with Crippen molar-refractivity contribution in [3.05, 3.63) is 71.1 Å². The minimum atomic E-state index is -4.51. The third-order valence-electron chi connectivity index (χ3n) is 6.04. The molecule has 1 fully saturated rings. The van der Waals surface area contributed by atoms with Crippen LogP contribution in [-0.2, 0) is 19.1 Å². The second-order valence-corrected chi connectivity index (χ2v) is 9.84. The van der Waals surface area contributed by atoms with Gasteiger partial charge in [-0.1, -0.05) is 57.8 Å². The van der Waals surface area contributed by atoms with Crippen LogP contribution in [0.25, 0.3) is 0 Å². The van der Waals surface area contributed by atoms with E-state index < -0.39 is 24.5 Å². The fraction of sp³-hybridized carbons (Fsp3) is 0.531. The minimum absolute atomic E-state index is 0.0289. The van der Waals surface area contributed by atoms with Crippen LogP contribution in [-0.4, -0.2) is 42.6 Å². The molecule has 0 radical (unpaired) electrons. The largest absolute Gasteiger partial charge is 0.497 e. The second kappa shape index (κ2) is 21.9. The van der Waals surface area contributed by atoms with Crippen LogP contribution in [0.2, 0.25) is 0 Å². The molecule has 0 spiro atoms. The van der Waals surface area contributed by atoms with Crippen LogP contribution < -0.4 is 11.1 Å². The number of nitrogens with two attached hydrogens (primary N) is 1. The molecule has 1 aliphatic rings. The Kier molecular flexibility index (Phi) is 20.0. The summed E-state index contributed by atoms with van der Waals surface area (Å²) in [7, 11) is 1.53. The molecule has 4 N–H and O–H groups in total. The van der Waals surface area contributed by atoms with E-state index in [0.717, 1.165) is 38.5 Å². The fourth-order valence-electron chi connectivity index (χ4n) is 3.63. The monoisotopic (exact) mass is 611 g/mol. The number of carboxylic acid groups (broad SMARTS) is 1. The molecule has 1 saturated carbocycles. The van der Waals surface area contributed by atoms with Crippen molar-refractivity contribution < 1.29 is 37.3 Å². The maximum absolute atomic E-state index is 13.0. The van der Waals surface area contributed by atoms with Crippen LogP contribution in [0.1, 0.15) is 86.0 Å². The number of rotatable bonds is 14. The lowest BCUT2D eigenvalue weighted by molar-refractivity contribution is -0.156. The molecule has 0 heterocycles. The smallest absolute Gasteiger partial charge is 0.422 e. The topological polar surface area (TPSA) is 123 Å². The number of ketones is 1. The maximum Gasteiger partial charge on any atom is 0.422 e. The molecule has 43 heavy (non-hydrogen) atoms. The van der Waals surface area contributed by atoms with E-state index in [2.05, 4.69) is 10.3 Å². The number of nitrogens with one attached hydrogen (secondary N) is 1. The molecule has 1 aliphatic carbocycles. The van der Waals surface area contributed by atoms with Crippen molar-refractivity contribution in [1.29, 1.82) is 0 Å². The molecule has 0 aliphatic heterocycles. The molecule has 0 aromatic carbocycles. The summed E-state index contributed by atoms with van der Waals surface area (Å²) in [6, 6.07) is 0. The zero-order chi connectivity index (χ0) is 32.8. The van der Waals surface area contributed by atoms with Crippen LogP contribution in [0.4, 0.5) is 13.2 Å². The Morgan fingerprint density at radius 3 is 2.19 bits per heavy atom. The molecule has 0 aromatic rings. The molecule has 8 nitrogen and oxygen atoms in total. The predicted molar refractivity (Wildman–Crippen MR) is 165 cm³/mol.